The van der Waals surface area contributed by atoms with Crippen molar-refractivity contribution >= 4 is 11.6 Å². The normalized spacial score (nSPS) is 56.2. The Morgan fingerprint density at radius 2 is 1.92 bits per heavy atom. The van der Waals surface area contributed by atoms with Crippen LogP contribution in [-0.2, 0) is 0 Å². The number of alkyl halides is 1. The van der Waals surface area contributed by atoms with Crippen molar-refractivity contribution in [1.82, 2.24) is 0 Å². The zero-order valence-electron chi connectivity index (χ0n) is 7.97. The number of halogens is 1. The molecule has 1 N–H and O–H groups in total. The van der Waals surface area contributed by atoms with Crippen LogP contribution in [0.3, 0.4) is 0 Å². The number of aliphatic hydroxyl groups is 1. The second kappa shape index (κ2) is 2.19. The number of hydrogen-bond donors (Lipinski definition) is 1. The van der Waals surface area contributed by atoms with Crippen LogP contribution in [-0.4, -0.2) is 16.6 Å². The largest absolute Gasteiger partial charge is 0.393 e. The molecule has 70 valence electrons. The molecule has 0 amide bonds. The Morgan fingerprint density at radius 3 is 2.42 bits per heavy atom. The highest BCUT2D eigenvalue weighted by Crippen LogP contribution is 2.67. The number of hydrogen-bond acceptors (Lipinski definition) is 1. The van der Waals surface area contributed by atoms with Crippen LogP contribution < -0.4 is 0 Å². The van der Waals surface area contributed by atoms with Crippen LogP contribution in [0.25, 0.3) is 0 Å². The molecular weight excluding hydrogens is 172 g/mol. The first-order valence-electron chi connectivity index (χ1n) is 4.69. The van der Waals surface area contributed by atoms with Crippen molar-refractivity contribution in [2.75, 3.05) is 0 Å². The molecule has 0 unspecified atom stereocenters. The molecule has 12 heavy (non-hydrogen) atoms. The first-order valence-corrected chi connectivity index (χ1v) is 5.13. The van der Waals surface area contributed by atoms with Gasteiger partial charge in [-0.25, -0.2) is 0 Å². The van der Waals surface area contributed by atoms with Crippen molar-refractivity contribution in [2.45, 2.75) is 45.1 Å². The molecule has 2 aliphatic rings. The van der Waals surface area contributed by atoms with E-state index in [0.29, 0.717) is 5.92 Å². The minimum atomic E-state index is -0.166. The standard InChI is InChI=1S/C10H17ClO/c1-9(2)4-6(12)7-8(11)10(7,3)5-9/h6-8,12H,4-5H2,1-3H3/t6-,7+,8+,10+/m0/s1. The summed E-state index contributed by atoms with van der Waals surface area (Å²) in [5.74, 6) is 0.368. The smallest absolute Gasteiger partial charge is 0.0593 e. The Hall–Kier alpha value is 0.250. The van der Waals surface area contributed by atoms with E-state index in [-0.39, 0.29) is 22.3 Å². The molecule has 0 heterocycles. The highest BCUT2D eigenvalue weighted by Gasteiger charge is 2.67. The summed E-state index contributed by atoms with van der Waals surface area (Å²) in [6.45, 7) is 6.65. The minimum Gasteiger partial charge on any atom is -0.393 e. The number of fused-ring (bicyclic) bond motifs is 1. The Bertz CT molecular complexity index is 214. The van der Waals surface area contributed by atoms with Gasteiger partial charge in [-0.15, -0.1) is 11.6 Å². The van der Waals surface area contributed by atoms with E-state index in [1.807, 2.05) is 0 Å². The molecule has 0 saturated heterocycles. The molecular formula is C10H17ClO. The van der Waals surface area contributed by atoms with E-state index in [2.05, 4.69) is 20.8 Å². The SMILES string of the molecule is CC1(C)C[C@H](O)[C@@H]2[C@@H](Cl)[C@]2(C)C1. The quantitative estimate of drug-likeness (QED) is 0.579. The Morgan fingerprint density at radius 1 is 1.33 bits per heavy atom. The lowest BCUT2D eigenvalue weighted by Crippen LogP contribution is -2.31. The van der Waals surface area contributed by atoms with Crippen molar-refractivity contribution in [3.05, 3.63) is 0 Å². The molecule has 2 aliphatic carbocycles. The van der Waals surface area contributed by atoms with Crippen LogP contribution in [0.1, 0.15) is 33.6 Å². The zero-order chi connectivity index (χ0) is 9.15. The average molecular weight is 189 g/mol. The highest BCUT2D eigenvalue weighted by molar-refractivity contribution is 6.23. The Labute approximate surface area is 79.1 Å². The Balaban J connectivity index is 2.20. The van der Waals surface area contributed by atoms with Gasteiger partial charge in [-0.3, -0.25) is 0 Å². The maximum absolute atomic E-state index is 9.81. The lowest BCUT2D eigenvalue weighted by atomic mass is 9.71. The van der Waals surface area contributed by atoms with Crippen LogP contribution in [0.2, 0.25) is 0 Å². The third-order valence-electron chi connectivity index (χ3n) is 3.63. The molecule has 0 aromatic heterocycles. The molecule has 0 aromatic rings. The van der Waals surface area contributed by atoms with Gasteiger partial charge < -0.3 is 5.11 Å². The van der Waals surface area contributed by atoms with Crippen molar-refractivity contribution in [3.8, 4) is 0 Å². The third kappa shape index (κ3) is 1.03. The summed E-state index contributed by atoms with van der Waals surface area (Å²) in [5.41, 5.74) is 0.497. The van der Waals surface area contributed by atoms with Crippen LogP contribution in [0, 0.1) is 16.7 Å². The first kappa shape index (κ1) is 8.83. The number of aliphatic hydroxyl groups excluding tert-OH is 1. The molecule has 0 bridgehead atoms. The molecule has 1 nitrogen and oxygen atoms in total. The summed E-state index contributed by atoms with van der Waals surface area (Å²) in [7, 11) is 0. The molecule has 2 fully saturated rings. The van der Waals surface area contributed by atoms with Gasteiger partial charge in [0.2, 0.25) is 0 Å². The fourth-order valence-electron chi connectivity index (χ4n) is 3.19. The van der Waals surface area contributed by atoms with Crippen LogP contribution in [0.15, 0.2) is 0 Å². The van der Waals surface area contributed by atoms with Crippen molar-refractivity contribution in [2.24, 2.45) is 16.7 Å². The van der Waals surface area contributed by atoms with E-state index in [1.165, 1.54) is 0 Å². The fourth-order valence-corrected chi connectivity index (χ4v) is 3.79. The fraction of sp³-hybridized carbons (Fsp3) is 1.00. The monoisotopic (exact) mass is 188 g/mol. The third-order valence-corrected chi connectivity index (χ3v) is 4.40. The van der Waals surface area contributed by atoms with Crippen LogP contribution in [0.4, 0.5) is 0 Å². The van der Waals surface area contributed by atoms with Crippen LogP contribution >= 0.6 is 11.6 Å². The Kier molecular flexibility index (Phi) is 1.61. The average Bonchev–Trinajstić information content (AvgIpc) is 2.30. The summed E-state index contributed by atoms with van der Waals surface area (Å²) in [6.07, 6.45) is 1.91. The van der Waals surface area contributed by atoms with Gasteiger partial charge in [0.15, 0.2) is 0 Å². The molecule has 0 aromatic carbocycles. The summed E-state index contributed by atoms with van der Waals surface area (Å²) < 4.78 is 0. The summed E-state index contributed by atoms with van der Waals surface area (Å²) >= 11 is 6.16. The van der Waals surface area contributed by atoms with E-state index in [9.17, 15) is 5.11 Å². The summed E-state index contributed by atoms with van der Waals surface area (Å²) in [5, 5.41) is 10.0. The second-order valence-electron chi connectivity index (χ2n) is 5.55. The highest BCUT2D eigenvalue weighted by atomic mass is 35.5. The first-order chi connectivity index (χ1) is 5.37. The van der Waals surface area contributed by atoms with E-state index >= 15 is 0 Å². The molecule has 0 spiro atoms. The van der Waals surface area contributed by atoms with Crippen molar-refractivity contribution < 1.29 is 5.11 Å². The van der Waals surface area contributed by atoms with Gasteiger partial charge in [-0.2, -0.15) is 0 Å². The summed E-state index contributed by atoms with van der Waals surface area (Å²) in [4.78, 5) is 0. The lowest BCUT2D eigenvalue weighted by molar-refractivity contribution is 0.0334. The summed E-state index contributed by atoms with van der Waals surface area (Å²) in [6, 6.07) is 0. The molecule has 0 aliphatic heterocycles. The zero-order valence-corrected chi connectivity index (χ0v) is 8.73. The molecule has 4 atom stereocenters. The van der Waals surface area contributed by atoms with E-state index in [4.69, 9.17) is 11.6 Å². The van der Waals surface area contributed by atoms with Gasteiger partial charge in [0, 0.05) is 11.3 Å². The molecule has 2 heteroatoms. The van der Waals surface area contributed by atoms with E-state index in [0.717, 1.165) is 12.8 Å². The molecule has 2 rings (SSSR count). The topological polar surface area (TPSA) is 20.2 Å². The molecule has 0 radical (unpaired) electrons. The maximum atomic E-state index is 9.81. The minimum absolute atomic E-state index is 0.166. The predicted octanol–water partition coefficient (Wildman–Crippen LogP) is 2.41. The predicted molar refractivity (Wildman–Crippen MR) is 50.3 cm³/mol. The second-order valence-corrected chi connectivity index (χ2v) is 6.02. The van der Waals surface area contributed by atoms with Crippen molar-refractivity contribution in [1.29, 1.82) is 0 Å². The van der Waals surface area contributed by atoms with Crippen LogP contribution in [0.5, 0.6) is 0 Å². The van der Waals surface area contributed by atoms with Crippen molar-refractivity contribution in [3.63, 3.8) is 0 Å². The van der Waals surface area contributed by atoms with Gasteiger partial charge in [-0.05, 0) is 23.7 Å². The lowest BCUT2D eigenvalue weighted by Gasteiger charge is -2.35. The van der Waals surface area contributed by atoms with E-state index < -0.39 is 0 Å². The maximum Gasteiger partial charge on any atom is 0.0593 e. The molecule has 2 saturated carbocycles. The van der Waals surface area contributed by atoms with Gasteiger partial charge in [0.1, 0.15) is 0 Å². The van der Waals surface area contributed by atoms with Gasteiger partial charge >= 0.3 is 0 Å². The number of rotatable bonds is 0. The van der Waals surface area contributed by atoms with Gasteiger partial charge in [0.05, 0.1) is 6.10 Å². The van der Waals surface area contributed by atoms with Gasteiger partial charge in [-0.1, -0.05) is 20.8 Å². The van der Waals surface area contributed by atoms with E-state index in [1.54, 1.807) is 0 Å². The van der Waals surface area contributed by atoms with Gasteiger partial charge in [0.25, 0.3) is 0 Å².